The Balaban J connectivity index is 1.85. The van der Waals surface area contributed by atoms with Crippen LogP contribution in [0.15, 0.2) is 22.3 Å². The Bertz CT molecular complexity index is 729. The van der Waals surface area contributed by atoms with Gasteiger partial charge in [0.2, 0.25) is 0 Å². The summed E-state index contributed by atoms with van der Waals surface area (Å²) in [7, 11) is 0. The van der Waals surface area contributed by atoms with E-state index in [0.29, 0.717) is 18.6 Å². The number of epoxide rings is 1. The molecule has 1 aromatic rings. The molecule has 0 N–H and O–H groups in total. The van der Waals surface area contributed by atoms with Crippen molar-refractivity contribution < 1.29 is 28.2 Å². The maximum Gasteiger partial charge on any atom is 0.342 e. The lowest BCUT2D eigenvalue weighted by molar-refractivity contribution is -0.154. The van der Waals surface area contributed by atoms with E-state index < -0.39 is 17.8 Å². The van der Waals surface area contributed by atoms with Crippen LogP contribution in [0.1, 0.15) is 55.8 Å². The Kier molecular flexibility index (Phi) is 2.97. The fourth-order valence-corrected chi connectivity index (χ4v) is 3.63. The molecule has 0 saturated carbocycles. The molecule has 6 nitrogen and oxygen atoms in total. The quantitative estimate of drug-likeness (QED) is 0.450. The van der Waals surface area contributed by atoms with Crippen molar-refractivity contribution in [1.82, 2.24) is 0 Å². The third-order valence-corrected chi connectivity index (χ3v) is 4.85. The molecule has 6 heteroatoms. The minimum absolute atomic E-state index is 0.283. The van der Waals surface area contributed by atoms with Gasteiger partial charge in [0, 0.05) is 12.5 Å². The van der Waals surface area contributed by atoms with Crippen molar-refractivity contribution >= 4 is 11.9 Å². The molecule has 4 rings (SSSR count). The molecular formula is C17H18O6. The maximum atomic E-state index is 12.2. The normalized spacial score (nSPS) is 37.1. The van der Waals surface area contributed by atoms with Gasteiger partial charge in [0.1, 0.15) is 6.10 Å². The molecule has 3 aliphatic rings. The van der Waals surface area contributed by atoms with Crippen molar-refractivity contribution in [3.8, 4) is 0 Å². The maximum absolute atomic E-state index is 12.2. The molecule has 4 atom stereocenters. The molecule has 0 aromatic carbocycles. The van der Waals surface area contributed by atoms with E-state index in [4.69, 9.17) is 18.6 Å². The smallest absolute Gasteiger partial charge is 0.342 e. The second-order valence-corrected chi connectivity index (χ2v) is 6.43. The van der Waals surface area contributed by atoms with E-state index in [9.17, 15) is 9.59 Å². The summed E-state index contributed by atoms with van der Waals surface area (Å²) < 4.78 is 22.5. The van der Waals surface area contributed by atoms with Crippen LogP contribution in [0.4, 0.5) is 0 Å². The molecule has 2 aliphatic heterocycles. The number of rotatable bonds is 1. The lowest BCUT2D eigenvalue weighted by Gasteiger charge is -2.20. The molecule has 0 unspecified atom stereocenters. The molecule has 0 amide bonds. The Morgan fingerprint density at radius 3 is 2.87 bits per heavy atom. The number of ether oxygens (including phenoxy) is 3. The van der Waals surface area contributed by atoms with Crippen molar-refractivity contribution in [2.24, 2.45) is 0 Å². The summed E-state index contributed by atoms with van der Waals surface area (Å²) >= 11 is 0. The molecule has 3 heterocycles. The molecule has 2 bridgehead atoms. The highest BCUT2D eigenvalue weighted by atomic mass is 16.7. The van der Waals surface area contributed by atoms with Crippen LogP contribution in [0.25, 0.3) is 0 Å². The third-order valence-electron chi connectivity index (χ3n) is 4.85. The standard InChI is InChI=1S/C17H18O6/c1-8-5-4-6-17-15(23-17)14(22-16(17)19)11-9(2)7-20-13(11)12(8)21-10(3)18/h5,7,12,14-15H,4,6H2,1-3H3/b8-5+/t12-,14+,15-,17+/m1/s1. The van der Waals surface area contributed by atoms with E-state index in [0.717, 1.165) is 16.7 Å². The predicted octanol–water partition coefficient (Wildman–Crippen LogP) is 2.67. The van der Waals surface area contributed by atoms with E-state index >= 15 is 0 Å². The topological polar surface area (TPSA) is 78.3 Å². The first-order valence-electron chi connectivity index (χ1n) is 7.74. The van der Waals surface area contributed by atoms with Crippen LogP contribution < -0.4 is 0 Å². The van der Waals surface area contributed by atoms with Gasteiger partial charge in [0.15, 0.2) is 23.6 Å². The number of hydrogen-bond acceptors (Lipinski definition) is 6. The SMILES string of the molecule is CC(=O)O[C@@H]1/C(C)=C/CC[C@]23O[C@@H]2[C@@H](OC3=O)c2c(C)coc21. The van der Waals surface area contributed by atoms with Crippen molar-refractivity contribution in [2.75, 3.05) is 0 Å². The van der Waals surface area contributed by atoms with E-state index in [1.54, 1.807) is 6.26 Å². The fraction of sp³-hybridized carbons (Fsp3) is 0.529. The molecule has 0 spiro atoms. The summed E-state index contributed by atoms with van der Waals surface area (Å²) in [4.78, 5) is 23.8. The molecule has 122 valence electrons. The van der Waals surface area contributed by atoms with Gasteiger partial charge in [-0.25, -0.2) is 4.79 Å². The zero-order valence-electron chi connectivity index (χ0n) is 13.3. The number of allylic oxidation sites excluding steroid dienone is 1. The molecule has 2 saturated heterocycles. The highest BCUT2D eigenvalue weighted by Crippen LogP contribution is 2.57. The first-order chi connectivity index (χ1) is 10.9. The van der Waals surface area contributed by atoms with Gasteiger partial charge in [0.05, 0.1) is 6.26 Å². The zero-order chi connectivity index (χ0) is 16.4. The van der Waals surface area contributed by atoms with Crippen LogP contribution in [-0.2, 0) is 23.8 Å². The summed E-state index contributed by atoms with van der Waals surface area (Å²) in [6.07, 6.45) is 3.40. The predicted molar refractivity (Wildman–Crippen MR) is 77.4 cm³/mol. The van der Waals surface area contributed by atoms with Gasteiger partial charge in [-0.05, 0) is 37.8 Å². The highest BCUT2D eigenvalue weighted by molar-refractivity contribution is 5.87. The Labute approximate surface area is 133 Å². The number of furan rings is 1. The monoisotopic (exact) mass is 318 g/mol. The second kappa shape index (κ2) is 4.71. The van der Waals surface area contributed by atoms with Crippen LogP contribution in [0, 0.1) is 6.92 Å². The number of carbonyl (C=O) groups excluding carboxylic acids is 2. The summed E-state index contributed by atoms with van der Waals surface area (Å²) in [5, 5.41) is 0. The first-order valence-corrected chi connectivity index (χ1v) is 7.74. The van der Waals surface area contributed by atoms with Gasteiger partial charge < -0.3 is 18.6 Å². The number of fused-ring (bicyclic) bond motifs is 2. The van der Waals surface area contributed by atoms with Crippen LogP contribution in [0.2, 0.25) is 0 Å². The lowest BCUT2D eigenvalue weighted by Crippen LogP contribution is -2.22. The average molecular weight is 318 g/mol. The molecule has 1 aliphatic carbocycles. The first kappa shape index (κ1) is 14.5. The summed E-state index contributed by atoms with van der Waals surface area (Å²) in [5.74, 6) is -0.186. The Hall–Kier alpha value is -2.08. The van der Waals surface area contributed by atoms with Crippen molar-refractivity contribution in [1.29, 1.82) is 0 Å². The van der Waals surface area contributed by atoms with E-state index in [2.05, 4.69) is 0 Å². The lowest BCUT2D eigenvalue weighted by atomic mass is 9.90. The second-order valence-electron chi connectivity index (χ2n) is 6.43. The van der Waals surface area contributed by atoms with Crippen molar-refractivity contribution in [2.45, 2.75) is 57.5 Å². The Morgan fingerprint density at radius 2 is 2.17 bits per heavy atom. The minimum Gasteiger partial charge on any atom is -0.464 e. The van der Waals surface area contributed by atoms with Crippen LogP contribution in [0.5, 0.6) is 0 Å². The molecule has 2 fully saturated rings. The highest BCUT2D eigenvalue weighted by Gasteiger charge is 2.73. The molecule has 0 radical (unpaired) electrons. The minimum atomic E-state index is -0.809. The van der Waals surface area contributed by atoms with E-state index in [1.807, 2.05) is 19.9 Å². The van der Waals surface area contributed by atoms with Gasteiger partial charge in [-0.1, -0.05) is 6.08 Å². The largest absolute Gasteiger partial charge is 0.464 e. The van der Waals surface area contributed by atoms with Crippen LogP contribution in [-0.4, -0.2) is 23.6 Å². The van der Waals surface area contributed by atoms with E-state index in [1.165, 1.54) is 6.92 Å². The summed E-state index contributed by atoms with van der Waals surface area (Å²) in [6, 6.07) is 0. The summed E-state index contributed by atoms with van der Waals surface area (Å²) in [5.41, 5.74) is 1.67. The van der Waals surface area contributed by atoms with Gasteiger partial charge in [-0.2, -0.15) is 0 Å². The zero-order valence-corrected chi connectivity index (χ0v) is 13.3. The van der Waals surface area contributed by atoms with E-state index in [-0.39, 0.29) is 18.0 Å². The number of aryl methyl sites for hydroxylation is 1. The van der Waals surface area contributed by atoms with Gasteiger partial charge >= 0.3 is 11.9 Å². The van der Waals surface area contributed by atoms with Crippen LogP contribution in [0.3, 0.4) is 0 Å². The average Bonchev–Trinajstić information content (AvgIpc) is 3.01. The number of carbonyl (C=O) groups is 2. The number of hydrogen-bond donors (Lipinski definition) is 0. The molecule has 23 heavy (non-hydrogen) atoms. The van der Waals surface area contributed by atoms with Crippen molar-refractivity contribution in [3.05, 3.63) is 34.8 Å². The third kappa shape index (κ3) is 1.97. The number of esters is 2. The fourth-order valence-electron chi connectivity index (χ4n) is 3.63. The molecule has 1 aromatic heterocycles. The van der Waals surface area contributed by atoms with Crippen molar-refractivity contribution in [3.63, 3.8) is 0 Å². The summed E-state index contributed by atoms with van der Waals surface area (Å²) in [6.45, 7) is 5.14. The molecular weight excluding hydrogens is 300 g/mol. The van der Waals surface area contributed by atoms with Crippen LogP contribution >= 0.6 is 0 Å². The van der Waals surface area contributed by atoms with Gasteiger partial charge in [-0.3, -0.25) is 4.79 Å². The van der Waals surface area contributed by atoms with Gasteiger partial charge in [0.25, 0.3) is 0 Å². The van der Waals surface area contributed by atoms with Gasteiger partial charge in [-0.15, -0.1) is 0 Å². The Morgan fingerprint density at radius 1 is 1.39 bits per heavy atom.